The average Bonchev–Trinajstić information content (AvgIpc) is 3.36. The highest BCUT2D eigenvalue weighted by Gasteiger charge is 2.21. The Kier molecular flexibility index (Phi) is 6.10. The number of benzene rings is 2. The zero-order valence-corrected chi connectivity index (χ0v) is 18.6. The second-order valence-electron chi connectivity index (χ2n) is 8.09. The summed E-state index contributed by atoms with van der Waals surface area (Å²) in [7, 11) is 0. The second-order valence-corrected chi connectivity index (χ2v) is 8.87. The fourth-order valence-electron chi connectivity index (χ4n) is 4.30. The molecule has 0 spiro atoms. The molecule has 1 amide bonds. The van der Waals surface area contributed by atoms with Crippen LogP contribution in [0.15, 0.2) is 89.3 Å². The molecule has 3 heterocycles. The van der Waals surface area contributed by atoms with Crippen molar-refractivity contribution in [2.75, 3.05) is 13.1 Å². The summed E-state index contributed by atoms with van der Waals surface area (Å²) in [5, 5.41) is 8.69. The van der Waals surface area contributed by atoms with Crippen LogP contribution >= 0.6 is 11.3 Å². The third-order valence-corrected chi connectivity index (χ3v) is 6.71. The minimum Gasteiger partial charge on any atom is -0.321 e. The standard InChI is InChI=1S/C27H25N3OS/c31-27(23-6-2-1-3-7-23)29-26(24-10-4-8-21-9-5-14-28-25(21)24)22-11-15-30(16-12-22)18-20-13-17-32-19-20/h1-10,13-14,17,19H,11-12,15-16,18H2,(H,29,31). The molecule has 4 nitrogen and oxygen atoms in total. The molecule has 1 aliphatic heterocycles. The Morgan fingerprint density at radius 3 is 2.56 bits per heavy atom. The Bertz CT molecular complexity index is 1230. The molecule has 0 unspecified atom stereocenters. The van der Waals surface area contributed by atoms with Gasteiger partial charge in [-0.2, -0.15) is 11.3 Å². The topological polar surface area (TPSA) is 45.2 Å². The lowest BCUT2D eigenvalue weighted by Crippen LogP contribution is -2.32. The minimum atomic E-state index is -0.0817. The first-order valence-electron chi connectivity index (χ1n) is 10.9. The Labute approximate surface area is 192 Å². The predicted octanol–water partition coefficient (Wildman–Crippen LogP) is 5.73. The Morgan fingerprint density at radius 2 is 1.78 bits per heavy atom. The van der Waals surface area contributed by atoms with Gasteiger partial charge in [-0.15, -0.1) is 0 Å². The lowest BCUT2D eigenvalue weighted by Gasteiger charge is -2.30. The van der Waals surface area contributed by atoms with Gasteiger partial charge in [-0.25, -0.2) is 0 Å². The van der Waals surface area contributed by atoms with Gasteiger partial charge in [0.2, 0.25) is 0 Å². The summed E-state index contributed by atoms with van der Waals surface area (Å²) in [6, 6.07) is 21.8. The summed E-state index contributed by atoms with van der Waals surface area (Å²) in [6.45, 7) is 2.94. The minimum absolute atomic E-state index is 0.0817. The highest BCUT2D eigenvalue weighted by molar-refractivity contribution is 7.07. The number of fused-ring (bicyclic) bond motifs is 1. The summed E-state index contributed by atoms with van der Waals surface area (Å²) < 4.78 is 0. The first-order valence-corrected chi connectivity index (χ1v) is 11.9. The van der Waals surface area contributed by atoms with Crippen molar-refractivity contribution in [2.24, 2.45) is 0 Å². The quantitative estimate of drug-likeness (QED) is 0.432. The van der Waals surface area contributed by atoms with Gasteiger partial charge in [0.05, 0.1) is 5.52 Å². The van der Waals surface area contributed by atoms with Crippen molar-refractivity contribution in [3.05, 3.63) is 106 Å². The van der Waals surface area contributed by atoms with E-state index in [1.54, 1.807) is 11.3 Å². The van der Waals surface area contributed by atoms with Gasteiger partial charge in [-0.05, 0) is 59.0 Å². The zero-order chi connectivity index (χ0) is 21.8. The van der Waals surface area contributed by atoms with E-state index in [0.717, 1.165) is 54.6 Å². The number of hydrogen-bond donors (Lipinski definition) is 1. The summed E-state index contributed by atoms with van der Waals surface area (Å²) in [4.78, 5) is 20.2. The SMILES string of the molecule is O=C(NC(=C1CCN(Cc2ccsc2)CC1)c1cccc2cccnc12)c1ccccc1. The van der Waals surface area contributed by atoms with E-state index in [-0.39, 0.29) is 5.91 Å². The van der Waals surface area contributed by atoms with Crippen LogP contribution in [0.5, 0.6) is 0 Å². The van der Waals surface area contributed by atoms with Gasteiger partial charge in [0, 0.05) is 48.0 Å². The molecule has 5 rings (SSSR count). The van der Waals surface area contributed by atoms with Crippen LogP contribution in [0.2, 0.25) is 0 Å². The third kappa shape index (κ3) is 4.49. The molecule has 4 aromatic rings. The number of aromatic nitrogens is 1. The first kappa shape index (κ1) is 20.6. The first-order chi connectivity index (χ1) is 15.8. The zero-order valence-electron chi connectivity index (χ0n) is 17.8. The van der Waals surface area contributed by atoms with E-state index < -0.39 is 0 Å². The lowest BCUT2D eigenvalue weighted by atomic mass is 9.95. The number of carbonyl (C=O) groups excluding carboxylic acids is 1. The molecular weight excluding hydrogens is 414 g/mol. The largest absolute Gasteiger partial charge is 0.321 e. The fourth-order valence-corrected chi connectivity index (χ4v) is 4.96. The van der Waals surface area contributed by atoms with Crippen molar-refractivity contribution in [1.82, 2.24) is 15.2 Å². The molecule has 1 aliphatic rings. The molecule has 1 fully saturated rings. The number of rotatable bonds is 5. The Balaban J connectivity index is 1.48. The van der Waals surface area contributed by atoms with Gasteiger partial charge < -0.3 is 5.32 Å². The number of thiophene rings is 1. The van der Waals surface area contributed by atoms with Gasteiger partial charge in [0.1, 0.15) is 0 Å². The van der Waals surface area contributed by atoms with Gasteiger partial charge >= 0.3 is 0 Å². The molecule has 160 valence electrons. The summed E-state index contributed by atoms with van der Waals surface area (Å²) >= 11 is 1.75. The van der Waals surface area contributed by atoms with Crippen LogP contribution in [0.3, 0.4) is 0 Å². The maximum atomic E-state index is 13.1. The number of hydrogen-bond acceptors (Lipinski definition) is 4. The molecule has 0 atom stereocenters. The van der Waals surface area contributed by atoms with Crippen LogP contribution in [0.1, 0.15) is 34.3 Å². The molecule has 32 heavy (non-hydrogen) atoms. The normalized spacial score (nSPS) is 14.4. The summed E-state index contributed by atoms with van der Waals surface area (Å²) in [5.41, 5.74) is 6.15. The molecule has 1 saturated heterocycles. The van der Waals surface area contributed by atoms with Crippen molar-refractivity contribution in [2.45, 2.75) is 19.4 Å². The second kappa shape index (κ2) is 9.47. The molecule has 2 aromatic carbocycles. The number of carbonyl (C=O) groups is 1. The Hall–Kier alpha value is -3.28. The maximum absolute atomic E-state index is 13.1. The van der Waals surface area contributed by atoms with E-state index in [1.165, 1.54) is 11.1 Å². The summed E-state index contributed by atoms with van der Waals surface area (Å²) in [5.74, 6) is -0.0817. The number of piperidine rings is 1. The molecule has 0 bridgehead atoms. The van der Waals surface area contributed by atoms with Crippen molar-refractivity contribution in [1.29, 1.82) is 0 Å². The molecular formula is C27H25N3OS. The summed E-state index contributed by atoms with van der Waals surface area (Å²) in [6.07, 6.45) is 3.67. The predicted molar refractivity (Wildman–Crippen MR) is 131 cm³/mol. The molecule has 2 aromatic heterocycles. The molecule has 0 aliphatic carbocycles. The molecule has 1 N–H and O–H groups in total. The van der Waals surface area contributed by atoms with Crippen LogP contribution in [0.25, 0.3) is 16.6 Å². The van der Waals surface area contributed by atoms with E-state index in [9.17, 15) is 4.79 Å². The number of nitrogens with zero attached hydrogens (tertiary/aromatic N) is 2. The van der Waals surface area contributed by atoms with Gasteiger partial charge in [0.15, 0.2) is 0 Å². The molecule has 0 radical (unpaired) electrons. The Morgan fingerprint density at radius 1 is 0.969 bits per heavy atom. The van der Waals surface area contributed by atoms with E-state index in [4.69, 9.17) is 0 Å². The van der Waals surface area contributed by atoms with E-state index >= 15 is 0 Å². The smallest absolute Gasteiger partial charge is 0.255 e. The highest BCUT2D eigenvalue weighted by atomic mass is 32.1. The van der Waals surface area contributed by atoms with E-state index in [2.05, 4.69) is 50.2 Å². The fraction of sp³-hybridized carbons (Fsp3) is 0.185. The maximum Gasteiger partial charge on any atom is 0.255 e. The average molecular weight is 440 g/mol. The van der Waals surface area contributed by atoms with Crippen molar-refractivity contribution in [3.8, 4) is 0 Å². The van der Waals surface area contributed by atoms with E-state index in [0.29, 0.717) is 5.56 Å². The van der Waals surface area contributed by atoms with Gasteiger partial charge in [0.25, 0.3) is 5.91 Å². The van der Waals surface area contributed by atoms with E-state index in [1.807, 2.05) is 48.7 Å². The number of amides is 1. The highest BCUT2D eigenvalue weighted by Crippen LogP contribution is 2.30. The third-order valence-electron chi connectivity index (χ3n) is 5.98. The van der Waals surface area contributed by atoms with Crippen LogP contribution in [-0.4, -0.2) is 28.9 Å². The van der Waals surface area contributed by atoms with Crippen molar-refractivity contribution < 1.29 is 4.79 Å². The number of nitrogens with one attached hydrogen (secondary N) is 1. The van der Waals surface area contributed by atoms with Gasteiger partial charge in [-0.3, -0.25) is 14.7 Å². The molecule has 0 saturated carbocycles. The van der Waals surface area contributed by atoms with Gasteiger partial charge in [-0.1, -0.05) is 42.5 Å². The number of pyridine rings is 1. The van der Waals surface area contributed by atoms with Crippen molar-refractivity contribution >= 4 is 33.8 Å². The molecule has 5 heteroatoms. The van der Waals surface area contributed by atoms with Crippen LogP contribution in [0.4, 0.5) is 0 Å². The monoisotopic (exact) mass is 439 g/mol. The van der Waals surface area contributed by atoms with Crippen LogP contribution in [-0.2, 0) is 6.54 Å². The lowest BCUT2D eigenvalue weighted by molar-refractivity contribution is 0.0973. The van der Waals surface area contributed by atoms with Crippen LogP contribution < -0.4 is 5.32 Å². The van der Waals surface area contributed by atoms with Crippen LogP contribution in [0, 0.1) is 0 Å². The number of likely N-dealkylation sites (tertiary alicyclic amines) is 1. The van der Waals surface area contributed by atoms with Crippen molar-refractivity contribution in [3.63, 3.8) is 0 Å². The number of para-hydroxylation sites is 1.